The van der Waals surface area contributed by atoms with Gasteiger partial charge in [0, 0.05) is 29.7 Å². The molecule has 1 N–H and O–H groups in total. The van der Waals surface area contributed by atoms with Crippen molar-refractivity contribution in [1.29, 1.82) is 0 Å². The lowest BCUT2D eigenvalue weighted by Gasteiger charge is -2.16. The van der Waals surface area contributed by atoms with Crippen LogP contribution >= 0.6 is 0 Å². The van der Waals surface area contributed by atoms with Crippen molar-refractivity contribution in [3.05, 3.63) is 36.0 Å². The summed E-state index contributed by atoms with van der Waals surface area (Å²) in [6, 6.07) is 2.21. The lowest BCUT2D eigenvalue weighted by atomic mass is 10.1. The van der Waals surface area contributed by atoms with Gasteiger partial charge in [0.2, 0.25) is 0 Å². The number of fused-ring (bicyclic) bond motifs is 1. The van der Waals surface area contributed by atoms with Gasteiger partial charge in [-0.1, -0.05) is 6.42 Å². The second-order valence-electron chi connectivity index (χ2n) is 4.78. The Labute approximate surface area is 112 Å². The third kappa shape index (κ3) is 2.46. The molecule has 5 nitrogen and oxygen atoms in total. The van der Waals surface area contributed by atoms with E-state index in [-0.39, 0.29) is 0 Å². The van der Waals surface area contributed by atoms with Crippen molar-refractivity contribution in [2.24, 2.45) is 0 Å². The molecule has 0 spiro atoms. The van der Waals surface area contributed by atoms with Gasteiger partial charge in [0.25, 0.3) is 0 Å². The van der Waals surface area contributed by atoms with E-state index >= 15 is 0 Å². The number of aryl methyl sites for hydroxylation is 1. The predicted molar refractivity (Wildman–Crippen MR) is 72.4 cm³/mol. The summed E-state index contributed by atoms with van der Waals surface area (Å²) in [4.78, 5) is 17.3. The summed E-state index contributed by atoms with van der Waals surface area (Å²) < 4.78 is 0. The maximum atomic E-state index is 4.70. The topological polar surface area (TPSA) is 63.6 Å². The van der Waals surface area contributed by atoms with Gasteiger partial charge in [0.05, 0.1) is 0 Å². The highest BCUT2D eigenvalue weighted by Crippen LogP contribution is 2.27. The number of nitrogens with one attached hydrogen (secondary N) is 1. The van der Waals surface area contributed by atoms with E-state index in [1.807, 2.05) is 19.3 Å². The summed E-state index contributed by atoms with van der Waals surface area (Å²) in [6.45, 7) is 0. The average Bonchev–Trinajstić information content (AvgIpc) is 2.69. The van der Waals surface area contributed by atoms with E-state index in [9.17, 15) is 0 Å². The predicted octanol–water partition coefficient (Wildman–Crippen LogP) is 1.92. The number of hydrogen-bond acceptors (Lipinski definition) is 5. The van der Waals surface area contributed by atoms with E-state index in [1.54, 1.807) is 6.20 Å². The zero-order valence-corrected chi connectivity index (χ0v) is 11.0. The smallest absolute Gasteiger partial charge is 0.178 e. The van der Waals surface area contributed by atoms with Crippen LogP contribution in [0.5, 0.6) is 0 Å². The molecule has 2 heterocycles. The highest BCUT2D eigenvalue weighted by molar-refractivity contribution is 5.48. The lowest BCUT2D eigenvalue weighted by molar-refractivity contribution is 0.532. The Hall–Kier alpha value is -1.88. The summed E-state index contributed by atoms with van der Waals surface area (Å²) in [7, 11) is 2.00. The van der Waals surface area contributed by atoms with Crippen LogP contribution in [0.25, 0.3) is 11.5 Å². The van der Waals surface area contributed by atoms with Gasteiger partial charge in [-0.25, -0.2) is 19.9 Å². The number of hydrogen-bond donors (Lipinski definition) is 1. The second-order valence-corrected chi connectivity index (χ2v) is 4.78. The Morgan fingerprint density at radius 2 is 2.21 bits per heavy atom. The largest absolute Gasteiger partial charge is 0.313 e. The molecule has 0 amide bonds. The number of aromatic nitrogens is 4. The van der Waals surface area contributed by atoms with Crippen LogP contribution in [-0.2, 0) is 6.42 Å². The van der Waals surface area contributed by atoms with Crippen molar-refractivity contribution in [2.45, 2.75) is 31.7 Å². The minimum absolute atomic E-state index is 0.372. The Balaban J connectivity index is 2.01. The monoisotopic (exact) mass is 255 g/mol. The van der Waals surface area contributed by atoms with E-state index in [0.717, 1.165) is 24.2 Å². The Kier molecular flexibility index (Phi) is 3.46. The summed E-state index contributed by atoms with van der Waals surface area (Å²) in [5.74, 6) is 0.693. The molecule has 0 radical (unpaired) electrons. The van der Waals surface area contributed by atoms with Gasteiger partial charge in [-0.2, -0.15) is 0 Å². The van der Waals surface area contributed by atoms with Gasteiger partial charge in [-0.05, 0) is 32.4 Å². The first-order valence-corrected chi connectivity index (χ1v) is 6.68. The summed E-state index contributed by atoms with van der Waals surface area (Å²) in [5.41, 5.74) is 3.17. The summed E-state index contributed by atoms with van der Waals surface area (Å²) in [6.07, 6.45) is 9.78. The molecule has 0 aliphatic heterocycles. The molecule has 98 valence electrons. The standard InChI is InChI=1S/C14H17N5/c1-15-11-4-2-3-5-12-10(11)8-17-14(19-12)13-6-7-16-9-18-13/h6-9,11,15H,2-5H2,1H3. The van der Waals surface area contributed by atoms with E-state index in [0.29, 0.717) is 11.9 Å². The van der Waals surface area contributed by atoms with Crippen molar-refractivity contribution in [3.8, 4) is 11.5 Å². The molecular formula is C14H17N5. The van der Waals surface area contributed by atoms with Gasteiger partial charge in [-0.3, -0.25) is 0 Å². The van der Waals surface area contributed by atoms with Crippen molar-refractivity contribution < 1.29 is 0 Å². The number of rotatable bonds is 2. The molecule has 19 heavy (non-hydrogen) atoms. The van der Waals surface area contributed by atoms with Crippen LogP contribution in [0.3, 0.4) is 0 Å². The third-order valence-corrected chi connectivity index (χ3v) is 3.59. The van der Waals surface area contributed by atoms with Crippen LogP contribution in [0.2, 0.25) is 0 Å². The van der Waals surface area contributed by atoms with Gasteiger partial charge in [-0.15, -0.1) is 0 Å². The van der Waals surface area contributed by atoms with Crippen LogP contribution in [-0.4, -0.2) is 27.0 Å². The van der Waals surface area contributed by atoms with Gasteiger partial charge < -0.3 is 5.32 Å². The zero-order valence-electron chi connectivity index (χ0n) is 11.0. The molecule has 1 unspecified atom stereocenters. The fraction of sp³-hybridized carbons (Fsp3) is 0.429. The molecule has 2 aromatic rings. The summed E-state index contributed by atoms with van der Waals surface area (Å²) in [5, 5.41) is 3.35. The molecule has 3 rings (SSSR count). The average molecular weight is 255 g/mol. The van der Waals surface area contributed by atoms with E-state index in [4.69, 9.17) is 4.98 Å². The highest BCUT2D eigenvalue weighted by Gasteiger charge is 2.19. The lowest BCUT2D eigenvalue weighted by Crippen LogP contribution is -2.17. The van der Waals surface area contributed by atoms with Crippen LogP contribution in [0, 0.1) is 0 Å². The minimum atomic E-state index is 0.372. The van der Waals surface area contributed by atoms with Crippen molar-refractivity contribution in [1.82, 2.24) is 25.3 Å². The molecule has 0 saturated heterocycles. The maximum Gasteiger partial charge on any atom is 0.178 e. The maximum absolute atomic E-state index is 4.70. The Bertz CT molecular complexity index is 555. The molecule has 0 bridgehead atoms. The van der Waals surface area contributed by atoms with E-state index < -0.39 is 0 Å². The van der Waals surface area contributed by atoms with Gasteiger partial charge >= 0.3 is 0 Å². The normalized spacial score (nSPS) is 18.7. The highest BCUT2D eigenvalue weighted by atomic mass is 15.0. The molecule has 0 aromatic carbocycles. The molecule has 1 aliphatic rings. The molecular weight excluding hydrogens is 238 g/mol. The zero-order chi connectivity index (χ0) is 13.1. The Morgan fingerprint density at radius 1 is 1.26 bits per heavy atom. The van der Waals surface area contributed by atoms with Crippen molar-refractivity contribution >= 4 is 0 Å². The first-order chi connectivity index (χ1) is 9.38. The van der Waals surface area contributed by atoms with Crippen LogP contribution in [0.1, 0.15) is 36.6 Å². The van der Waals surface area contributed by atoms with Gasteiger partial charge in [0.1, 0.15) is 12.0 Å². The van der Waals surface area contributed by atoms with Crippen LogP contribution in [0.4, 0.5) is 0 Å². The van der Waals surface area contributed by atoms with E-state index in [2.05, 4.69) is 20.3 Å². The second kappa shape index (κ2) is 5.40. The molecule has 1 aliphatic carbocycles. The van der Waals surface area contributed by atoms with Crippen molar-refractivity contribution in [2.75, 3.05) is 7.05 Å². The Morgan fingerprint density at radius 3 is 3.00 bits per heavy atom. The van der Waals surface area contributed by atoms with E-state index in [1.165, 1.54) is 24.7 Å². The molecule has 0 saturated carbocycles. The third-order valence-electron chi connectivity index (χ3n) is 3.59. The fourth-order valence-electron chi connectivity index (χ4n) is 2.56. The first kappa shape index (κ1) is 12.2. The first-order valence-electron chi connectivity index (χ1n) is 6.68. The van der Waals surface area contributed by atoms with Gasteiger partial charge in [0.15, 0.2) is 5.82 Å². The molecule has 5 heteroatoms. The van der Waals surface area contributed by atoms with Crippen LogP contribution < -0.4 is 5.32 Å². The SMILES string of the molecule is CNC1CCCCc2nc(-c3ccncn3)ncc21. The number of nitrogens with zero attached hydrogens (tertiary/aromatic N) is 4. The minimum Gasteiger partial charge on any atom is -0.313 e. The van der Waals surface area contributed by atoms with Crippen LogP contribution in [0.15, 0.2) is 24.8 Å². The molecule has 1 atom stereocenters. The quantitative estimate of drug-likeness (QED) is 0.831. The summed E-state index contributed by atoms with van der Waals surface area (Å²) >= 11 is 0. The van der Waals surface area contributed by atoms with Crippen molar-refractivity contribution in [3.63, 3.8) is 0 Å². The molecule has 2 aromatic heterocycles. The molecule has 0 fully saturated rings. The fourth-order valence-corrected chi connectivity index (χ4v) is 2.56.